The number of hydrogen-bond donors (Lipinski definition) is 0. The Bertz CT molecular complexity index is 2450. The minimum Gasteiger partial charge on any atom is -0.399 e. The SMILES string of the molecule is C=C(CCCCCCCC/C(=N\OC)C(=O)c1ccc2c(c1)C(CCCC)(CCCC)c1cc([N+](=O)[O-])ccc1-2)C(=O)c1ccc2c(c1)C(CCCC)(CCCC)c1cc([N+](=O)[O-])ccc1-2. The number of benzene rings is 4. The van der Waals surface area contributed by atoms with Gasteiger partial charge >= 0.3 is 0 Å². The Kier molecular flexibility index (Phi) is 17.0. The van der Waals surface area contributed by atoms with E-state index in [9.17, 15) is 29.8 Å². The lowest BCUT2D eigenvalue weighted by molar-refractivity contribution is -0.385. The molecule has 350 valence electrons. The molecule has 0 heterocycles. The molecule has 0 aliphatic heterocycles. The summed E-state index contributed by atoms with van der Waals surface area (Å²) in [5.74, 6) is -0.201. The predicted octanol–water partition coefficient (Wildman–Crippen LogP) is 15.5. The number of carbonyl (C=O) groups is 2. The Balaban J connectivity index is 1.04. The number of allylic oxidation sites excluding steroid dienone is 1. The van der Waals surface area contributed by atoms with Gasteiger partial charge in [0.1, 0.15) is 12.8 Å². The molecule has 6 rings (SSSR count). The highest BCUT2D eigenvalue weighted by Gasteiger charge is 2.45. The van der Waals surface area contributed by atoms with Crippen LogP contribution in [0.5, 0.6) is 0 Å². The van der Waals surface area contributed by atoms with E-state index in [1.807, 2.05) is 42.5 Å². The number of ketones is 2. The number of unbranched alkanes of at least 4 members (excludes halogenated alkanes) is 9. The van der Waals surface area contributed by atoms with Crippen molar-refractivity contribution >= 4 is 28.7 Å². The van der Waals surface area contributed by atoms with Crippen LogP contribution in [0.4, 0.5) is 11.4 Å². The highest BCUT2D eigenvalue weighted by Crippen LogP contribution is 2.56. The minimum absolute atomic E-state index is 0.0428. The quantitative estimate of drug-likeness (QED) is 0.0138. The molecule has 10 nitrogen and oxygen atoms in total. The number of Topliss-reactive ketones (excluding diaryl/α,β-unsaturated/α-hetero) is 2. The maximum atomic E-state index is 14.1. The Morgan fingerprint density at radius 3 is 1.29 bits per heavy atom. The lowest BCUT2D eigenvalue weighted by Crippen LogP contribution is -2.26. The molecule has 0 radical (unpaired) electrons. The van der Waals surface area contributed by atoms with Gasteiger partial charge in [-0.25, -0.2) is 0 Å². The van der Waals surface area contributed by atoms with Gasteiger partial charge in [-0.2, -0.15) is 0 Å². The molecule has 0 bridgehead atoms. The van der Waals surface area contributed by atoms with Crippen molar-refractivity contribution < 1.29 is 24.3 Å². The Morgan fingerprint density at radius 1 is 0.530 bits per heavy atom. The van der Waals surface area contributed by atoms with Crippen molar-refractivity contribution in [3.63, 3.8) is 0 Å². The van der Waals surface area contributed by atoms with Crippen LogP contribution in [0.2, 0.25) is 0 Å². The fourth-order valence-electron chi connectivity index (χ4n) is 10.9. The summed E-state index contributed by atoms with van der Waals surface area (Å²) in [6, 6.07) is 22.3. The average Bonchev–Trinajstić information content (AvgIpc) is 3.75. The van der Waals surface area contributed by atoms with Gasteiger partial charge in [0, 0.05) is 46.2 Å². The normalized spacial score (nSPS) is 14.0. The van der Waals surface area contributed by atoms with Gasteiger partial charge in [-0.1, -0.05) is 141 Å². The van der Waals surface area contributed by atoms with Crippen molar-refractivity contribution in [2.75, 3.05) is 7.11 Å². The number of oxime groups is 1. The molecule has 0 saturated carbocycles. The number of nitro benzene ring substituents is 2. The van der Waals surface area contributed by atoms with Crippen molar-refractivity contribution in [2.24, 2.45) is 5.16 Å². The second kappa shape index (κ2) is 22.6. The van der Waals surface area contributed by atoms with E-state index in [1.54, 1.807) is 24.3 Å². The largest absolute Gasteiger partial charge is 0.399 e. The molecule has 10 heteroatoms. The Hall–Kier alpha value is -5.77. The van der Waals surface area contributed by atoms with Crippen LogP contribution in [0.3, 0.4) is 0 Å². The number of carbonyl (C=O) groups excluding carboxylic acids is 2. The second-order valence-corrected chi connectivity index (χ2v) is 18.7. The fraction of sp³-hybridized carbons (Fsp3) is 0.482. The van der Waals surface area contributed by atoms with E-state index >= 15 is 0 Å². The molecule has 4 aromatic carbocycles. The average molecular weight is 896 g/mol. The lowest BCUT2D eigenvalue weighted by Gasteiger charge is -2.32. The smallest absolute Gasteiger partial charge is 0.269 e. The van der Waals surface area contributed by atoms with Gasteiger partial charge in [0.2, 0.25) is 5.78 Å². The van der Waals surface area contributed by atoms with Crippen LogP contribution in [0.15, 0.2) is 90.1 Å². The van der Waals surface area contributed by atoms with Crippen LogP contribution in [0.25, 0.3) is 22.3 Å². The second-order valence-electron chi connectivity index (χ2n) is 18.7. The van der Waals surface area contributed by atoms with Crippen LogP contribution >= 0.6 is 0 Å². The van der Waals surface area contributed by atoms with Crippen molar-refractivity contribution in [2.45, 2.75) is 167 Å². The summed E-state index contributed by atoms with van der Waals surface area (Å²) in [7, 11) is 1.46. The summed E-state index contributed by atoms with van der Waals surface area (Å²) < 4.78 is 0. The molecule has 0 saturated heterocycles. The summed E-state index contributed by atoms with van der Waals surface area (Å²) >= 11 is 0. The molecule has 0 spiro atoms. The van der Waals surface area contributed by atoms with E-state index < -0.39 is 5.41 Å². The number of hydrogen-bond acceptors (Lipinski definition) is 8. The van der Waals surface area contributed by atoms with Crippen LogP contribution in [0, 0.1) is 20.2 Å². The number of non-ortho nitro benzene ring substituents is 2. The summed E-state index contributed by atoms with van der Waals surface area (Å²) in [6.07, 6.45) is 18.0. The van der Waals surface area contributed by atoms with Gasteiger partial charge in [-0.3, -0.25) is 29.8 Å². The zero-order valence-corrected chi connectivity index (χ0v) is 40.0. The summed E-state index contributed by atoms with van der Waals surface area (Å²) in [4.78, 5) is 56.3. The van der Waals surface area contributed by atoms with Gasteiger partial charge in [0.25, 0.3) is 11.4 Å². The first-order chi connectivity index (χ1) is 31.9. The molecule has 66 heavy (non-hydrogen) atoms. The molecule has 0 amide bonds. The number of rotatable bonds is 28. The number of nitrogens with zero attached hydrogens (tertiary/aromatic N) is 3. The van der Waals surface area contributed by atoms with Gasteiger partial charge in [0.05, 0.1) is 9.85 Å². The zero-order valence-electron chi connectivity index (χ0n) is 40.0. The minimum atomic E-state index is -0.407. The third kappa shape index (κ3) is 10.3. The molecule has 2 aliphatic carbocycles. The van der Waals surface area contributed by atoms with Crippen LogP contribution < -0.4 is 0 Å². The van der Waals surface area contributed by atoms with Gasteiger partial charge in [-0.15, -0.1) is 0 Å². The molecular weight excluding hydrogens is 827 g/mol. The van der Waals surface area contributed by atoms with E-state index in [2.05, 4.69) is 45.5 Å². The molecule has 4 aromatic rings. The van der Waals surface area contributed by atoms with Gasteiger partial charge < -0.3 is 4.84 Å². The number of fused-ring (bicyclic) bond motifs is 6. The van der Waals surface area contributed by atoms with Crippen LogP contribution in [-0.4, -0.2) is 34.2 Å². The first-order valence-electron chi connectivity index (χ1n) is 24.7. The van der Waals surface area contributed by atoms with E-state index in [-0.39, 0.29) is 38.2 Å². The number of nitro groups is 2. The molecule has 0 N–H and O–H groups in total. The molecule has 2 aliphatic rings. The van der Waals surface area contributed by atoms with E-state index in [4.69, 9.17) is 4.84 Å². The zero-order chi connectivity index (χ0) is 47.4. The topological polar surface area (TPSA) is 142 Å². The molecule has 0 atom stereocenters. The van der Waals surface area contributed by atoms with Gasteiger partial charge in [-0.05, 0) is 126 Å². The van der Waals surface area contributed by atoms with Crippen molar-refractivity contribution in [3.05, 3.63) is 139 Å². The Labute approximate surface area is 391 Å². The maximum Gasteiger partial charge on any atom is 0.269 e. The summed E-state index contributed by atoms with van der Waals surface area (Å²) in [5.41, 5.74) is 9.93. The first kappa shape index (κ1) is 49.7. The van der Waals surface area contributed by atoms with E-state index in [0.29, 0.717) is 35.3 Å². The molecule has 0 fully saturated rings. The molecule has 0 unspecified atom stereocenters. The fourth-order valence-corrected chi connectivity index (χ4v) is 10.9. The van der Waals surface area contributed by atoms with E-state index in [1.165, 1.54) is 7.11 Å². The highest BCUT2D eigenvalue weighted by atomic mass is 16.6. The van der Waals surface area contributed by atoms with E-state index in [0.717, 1.165) is 160 Å². The summed E-state index contributed by atoms with van der Waals surface area (Å²) in [6.45, 7) is 12.9. The third-order valence-corrected chi connectivity index (χ3v) is 14.4. The molecular formula is C56H69N3O7. The first-order valence-corrected chi connectivity index (χ1v) is 24.7. The predicted molar refractivity (Wildman–Crippen MR) is 266 cm³/mol. The lowest BCUT2D eigenvalue weighted by atomic mass is 9.70. The Morgan fingerprint density at radius 2 is 0.894 bits per heavy atom. The van der Waals surface area contributed by atoms with Crippen molar-refractivity contribution in [1.82, 2.24) is 0 Å². The molecule has 0 aromatic heterocycles. The van der Waals surface area contributed by atoms with Crippen molar-refractivity contribution in [1.29, 1.82) is 0 Å². The van der Waals surface area contributed by atoms with Gasteiger partial charge in [0.15, 0.2) is 5.78 Å². The summed E-state index contributed by atoms with van der Waals surface area (Å²) in [5, 5.41) is 28.0. The maximum absolute atomic E-state index is 14.1. The van der Waals surface area contributed by atoms with Crippen LogP contribution in [0.1, 0.15) is 199 Å². The van der Waals surface area contributed by atoms with Crippen LogP contribution in [-0.2, 0) is 15.7 Å². The monoisotopic (exact) mass is 896 g/mol. The van der Waals surface area contributed by atoms with Crippen molar-refractivity contribution in [3.8, 4) is 22.3 Å². The highest BCUT2D eigenvalue weighted by molar-refractivity contribution is 6.46. The standard InChI is InChI=1S/C56H69N3O7/c1-7-11-31-55(32-12-8-2)48-35-40(23-27-44(48)46-29-25-42(58(62)63)37-50(46)55)53(60)39(5)21-19-17-15-16-18-20-22-52(57-66-6)54(61)41-24-28-45-47-30-26-43(59(64)65)38-51(47)56(33-13-9-3,34-14-10-4)49(45)36-41/h23-30,35-38H,5,7-22,31-34H2,1-4,6H3/b57-52+. The third-order valence-electron chi connectivity index (χ3n) is 14.4.